The molecule has 0 aliphatic heterocycles. The highest BCUT2D eigenvalue weighted by Crippen LogP contribution is 2.40. The van der Waals surface area contributed by atoms with Crippen molar-refractivity contribution in [2.75, 3.05) is 0 Å². The van der Waals surface area contributed by atoms with E-state index in [0.29, 0.717) is 0 Å². The van der Waals surface area contributed by atoms with Gasteiger partial charge in [-0.25, -0.2) is 4.98 Å². The lowest BCUT2D eigenvalue weighted by Gasteiger charge is -2.11. The molecular formula is C43H27N3S. The van der Waals surface area contributed by atoms with Crippen LogP contribution in [0.25, 0.3) is 86.9 Å². The van der Waals surface area contributed by atoms with Crippen molar-refractivity contribution >= 4 is 65.2 Å². The molecule has 4 heteroatoms. The van der Waals surface area contributed by atoms with Gasteiger partial charge in [-0.3, -0.25) is 0 Å². The highest BCUT2D eigenvalue weighted by atomic mass is 32.1. The van der Waals surface area contributed by atoms with Crippen molar-refractivity contribution in [3.8, 4) is 33.1 Å². The highest BCUT2D eigenvalue weighted by molar-refractivity contribution is 7.21. The average Bonchev–Trinajstić information content (AvgIpc) is 3.81. The summed E-state index contributed by atoms with van der Waals surface area (Å²) in [4.78, 5) is 4.90. The monoisotopic (exact) mass is 617 g/mol. The van der Waals surface area contributed by atoms with E-state index in [0.717, 1.165) is 21.8 Å². The van der Waals surface area contributed by atoms with Gasteiger partial charge in [0.1, 0.15) is 5.01 Å². The van der Waals surface area contributed by atoms with Gasteiger partial charge in [-0.1, -0.05) is 103 Å². The van der Waals surface area contributed by atoms with Gasteiger partial charge in [0, 0.05) is 38.5 Å². The van der Waals surface area contributed by atoms with Gasteiger partial charge in [-0.05, 0) is 71.8 Å². The van der Waals surface area contributed by atoms with Gasteiger partial charge in [-0.2, -0.15) is 0 Å². The van der Waals surface area contributed by atoms with Gasteiger partial charge in [0.25, 0.3) is 0 Å². The Morgan fingerprint density at radius 3 is 1.60 bits per heavy atom. The minimum atomic E-state index is 1.04. The van der Waals surface area contributed by atoms with Crippen LogP contribution in [0, 0.1) is 0 Å². The number of fused-ring (bicyclic) bond motifs is 7. The largest absolute Gasteiger partial charge is 0.309 e. The van der Waals surface area contributed by atoms with Crippen molar-refractivity contribution in [2.24, 2.45) is 0 Å². The Hall–Kier alpha value is -5.97. The number of benzene rings is 7. The molecule has 220 valence electrons. The number of rotatable bonds is 4. The van der Waals surface area contributed by atoms with Crippen molar-refractivity contribution in [2.45, 2.75) is 0 Å². The van der Waals surface area contributed by atoms with E-state index in [4.69, 9.17) is 4.98 Å². The van der Waals surface area contributed by atoms with Crippen LogP contribution in [0.1, 0.15) is 0 Å². The Bertz CT molecular complexity index is 2770. The molecule has 0 amide bonds. The fraction of sp³-hybridized carbons (Fsp3) is 0. The standard InChI is InChI=1S/C43H27N3S/c1-3-11-29(12-4-1)43-44-37-24-21-30(25-42(37)47-43)28-19-22-32(23-20-28)46-39-18-10-8-16-34(39)36-26-35-33-15-7-9-17-38(33)45(40(35)27-41(36)46)31-13-5-2-6-14-31/h1-27H. The van der Waals surface area contributed by atoms with Crippen LogP contribution in [0.4, 0.5) is 0 Å². The molecule has 10 rings (SSSR count). The Balaban J connectivity index is 1.14. The van der Waals surface area contributed by atoms with Crippen LogP contribution in [-0.4, -0.2) is 14.1 Å². The third kappa shape index (κ3) is 4.09. The number of aromatic nitrogens is 3. The maximum Gasteiger partial charge on any atom is 0.124 e. The summed E-state index contributed by atoms with van der Waals surface area (Å²) in [6, 6.07) is 59.0. The Morgan fingerprint density at radius 1 is 0.383 bits per heavy atom. The topological polar surface area (TPSA) is 22.8 Å². The number of thiazole rings is 1. The third-order valence-corrected chi connectivity index (χ3v) is 10.4. The van der Waals surface area contributed by atoms with Crippen LogP contribution in [0.15, 0.2) is 164 Å². The summed E-state index contributed by atoms with van der Waals surface area (Å²) in [5.41, 5.74) is 11.7. The zero-order valence-corrected chi connectivity index (χ0v) is 26.2. The van der Waals surface area contributed by atoms with Crippen molar-refractivity contribution in [3.63, 3.8) is 0 Å². The molecule has 0 unspecified atom stereocenters. The molecule has 3 aromatic heterocycles. The average molecular weight is 618 g/mol. The Kier molecular flexibility index (Phi) is 5.74. The second kappa shape index (κ2) is 10.3. The van der Waals surface area contributed by atoms with Gasteiger partial charge >= 0.3 is 0 Å². The molecule has 0 atom stereocenters. The van der Waals surface area contributed by atoms with Crippen molar-refractivity contribution in [1.82, 2.24) is 14.1 Å². The molecule has 0 bridgehead atoms. The third-order valence-electron chi connectivity index (χ3n) is 9.35. The summed E-state index contributed by atoms with van der Waals surface area (Å²) >= 11 is 1.75. The quantitative estimate of drug-likeness (QED) is 0.193. The molecule has 0 N–H and O–H groups in total. The summed E-state index contributed by atoms with van der Waals surface area (Å²) in [6.07, 6.45) is 0. The van der Waals surface area contributed by atoms with E-state index in [1.807, 2.05) is 6.07 Å². The maximum absolute atomic E-state index is 4.90. The zero-order chi connectivity index (χ0) is 30.9. The molecule has 0 aliphatic rings. The van der Waals surface area contributed by atoms with E-state index in [9.17, 15) is 0 Å². The molecule has 0 saturated heterocycles. The summed E-state index contributed by atoms with van der Waals surface area (Å²) in [5.74, 6) is 0. The van der Waals surface area contributed by atoms with Crippen LogP contribution < -0.4 is 0 Å². The summed E-state index contributed by atoms with van der Waals surface area (Å²) in [7, 11) is 0. The van der Waals surface area contributed by atoms with Crippen molar-refractivity contribution in [3.05, 3.63) is 164 Å². The smallest absolute Gasteiger partial charge is 0.124 e. The molecule has 0 radical (unpaired) electrons. The second-order valence-corrected chi connectivity index (χ2v) is 13.1. The number of para-hydroxylation sites is 3. The van der Waals surface area contributed by atoms with E-state index < -0.39 is 0 Å². The fourth-order valence-corrected chi connectivity index (χ4v) is 8.19. The van der Waals surface area contributed by atoms with Gasteiger partial charge in [0.2, 0.25) is 0 Å². The van der Waals surface area contributed by atoms with Crippen LogP contribution in [0.2, 0.25) is 0 Å². The molecule has 3 nitrogen and oxygen atoms in total. The predicted octanol–water partition coefficient (Wildman–Crippen LogP) is 11.8. The van der Waals surface area contributed by atoms with Crippen LogP contribution in [0.5, 0.6) is 0 Å². The number of nitrogens with zero attached hydrogens (tertiary/aromatic N) is 3. The first-order valence-corrected chi connectivity index (χ1v) is 16.7. The SMILES string of the molecule is c1ccc(-c2nc3ccc(-c4ccc(-n5c6ccccc6c6cc7c8ccccc8n(-c8ccccc8)c7cc65)cc4)cc3s2)cc1. The van der Waals surface area contributed by atoms with Crippen molar-refractivity contribution < 1.29 is 0 Å². The molecule has 10 aromatic rings. The molecular weight excluding hydrogens is 591 g/mol. The van der Waals surface area contributed by atoms with E-state index in [-0.39, 0.29) is 0 Å². The van der Waals surface area contributed by atoms with E-state index >= 15 is 0 Å². The zero-order valence-electron chi connectivity index (χ0n) is 25.3. The van der Waals surface area contributed by atoms with Crippen molar-refractivity contribution in [1.29, 1.82) is 0 Å². The number of hydrogen-bond donors (Lipinski definition) is 0. The lowest BCUT2D eigenvalue weighted by Crippen LogP contribution is -1.95. The van der Waals surface area contributed by atoms with Gasteiger partial charge in [-0.15, -0.1) is 11.3 Å². The Labute approximate surface area is 275 Å². The fourth-order valence-electron chi connectivity index (χ4n) is 7.18. The lowest BCUT2D eigenvalue weighted by molar-refractivity contribution is 1.16. The second-order valence-electron chi connectivity index (χ2n) is 12.0. The first-order valence-electron chi connectivity index (χ1n) is 15.9. The highest BCUT2D eigenvalue weighted by Gasteiger charge is 2.18. The first-order chi connectivity index (χ1) is 23.3. The molecule has 0 fully saturated rings. The maximum atomic E-state index is 4.90. The minimum absolute atomic E-state index is 1.04. The normalized spacial score (nSPS) is 11.8. The molecule has 0 saturated carbocycles. The molecule has 47 heavy (non-hydrogen) atoms. The summed E-state index contributed by atoms with van der Waals surface area (Å²) in [6.45, 7) is 0. The minimum Gasteiger partial charge on any atom is -0.309 e. The summed E-state index contributed by atoms with van der Waals surface area (Å²) in [5, 5.41) is 6.11. The van der Waals surface area contributed by atoms with E-state index in [1.54, 1.807) is 11.3 Å². The summed E-state index contributed by atoms with van der Waals surface area (Å²) < 4.78 is 6.01. The van der Waals surface area contributed by atoms with Gasteiger partial charge in [0.15, 0.2) is 0 Å². The Morgan fingerprint density at radius 2 is 0.936 bits per heavy atom. The van der Waals surface area contributed by atoms with E-state index in [2.05, 4.69) is 167 Å². The van der Waals surface area contributed by atoms with Crippen LogP contribution in [-0.2, 0) is 0 Å². The molecule has 0 aliphatic carbocycles. The van der Waals surface area contributed by atoms with Gasteiger partial charge < -0.3 is 9.13 Å². The predicted molar refractivity (Wildman–Crippen MR) is 199 cm³/mol. The molecule has 0 spiro atoms. The van der Waals surface area contributed by atoms with E-state index in [1.165, 1.54) is 65.1 Å². The van der Waals surface area contributed by atoms with Gasteiger partial charge in [0.05, 0.1) is 32.3 Å². The number of hydrogen-bond acceptors (Lipinski definition) is 2. The first kappa shape index (κ1) is 26.3. The lowest BCUT2D eigenvalue weighted by atomic mass is 10.1. The molecule has 3 heterocycles. The molecule has 7 aromatic carbocycles. The van der Waals surface area contributed by atoms with Crippen LogP contribution >= 0.6 is 11.3 Å². The van der Waals surface area contributed by atoms with Crippen LogP contribution in [0.3, 0.4) is 0 Å².